The minimum absolute atomic E-state index is 0.0682. The zero-order valence-corrected chi connectivity index (χ0v) is 18.7. The first kappa shape index (κ1) is 23.1. The van der Waals surface area contributed by atoms with Crippen LogP contribution in [0.15, 0.2) is 35.2 Å². The number of hydrogen-bond acceptors (Lipinski definition) is 5. The van der Waals surface area contributed by atoms with Crippen LogP contribution in [0.5, 0.6) is 0 Å². The van der Waals surface area contributed by atoms with Crippen LogP contribution in [0, 0.1) is 6.92 Å². The first-order valence-corrected chi connectivity index (χ1v) is 10.8. The second kappa shape index (κ2) is 9.06. The first-order chi connectivity index (χ1) is 13.4. The Morgan fingerprint density at radius 3 is 2.38 bits per heavy atom. The zero-order valence-electron chi connectivity index (χ0n) is 17.9. The van der Waals surface area contributed by atoms with E-state index in [1.165, 1.54) is 7.11 Å². The largest absolute Gasteiger partial charge is 0.383 e. The third-order valence-corrected chi connectivity index (χ3v) is 6.30. The number of aromatic nitrogens is 2. The molecule has 0 aliphatic heterocycles. The lowest BCUT2D eigenvalue weighted by Crippen LogP contribution is -2.40. The van der Waals surface area contributed by atoms with Gasteiger partial charge in [-0.05, 0) is 19.1 Å². The molecular weight excluding hydrogens is 392 g/mol. The Morgan fingerprint density at radius 2 is 1.86 bits per heavy atom. The van der Waals surface area contributed by atoms with Crippen LogP contribution in [0.25, 0.3) is 0 Å². The van der Waals surface area contributed by atoms with Crippen molar-refractivity contribution in [3.8, 4) is 0 Å². The highest BCUT2D eigenvalue weighted by Gasteiger charge is 2.27. The van der Waals surface area contributed by atoms with Crippen molar-refractivity contribution in [2.45, 2.75) is 38.0 Å². The molecular formula is C20H30N4O4S. The molecule has 1 heterocycles. The van der Waals surface area contributed by atoms with Gasteiger partial charge >= 0.3 is 0 Å². The van der Waals surface area contributed by atoms with Crippen LogP contribution in [-0.4, -0.2) is 55.2 Å². The SMILES string of the molecule is COCCN(CC(=O)Nc1cc(C(C)(C)C)nn1C)S(=O)(=O)c1ccc(C)cc1. The smallest absolute Gasteiger partial charge is 0.243 e. The number of amides is 1. The molecule has 0 saturated heterocycles. The van der Waals surface area contributed by atoms with E-state index in [1.807, 2.05) is 27.7 Å². The van der Waals surface area contributed by atoms with Crippen molar-refractivity contribution in [1.82, 2.24) is 14.1 Å². The second-order valence-corrected chi connectivity index (χ2v) is 9.92. The molecule has 8 nitrogen and oxygen atoms in total. The lowest BCUT2D eigenvalue weighted by molar-refractivity contribution is -0.116. The zero-order chi connectivity index (χ0) is 21.8. The highest BCUT2D eigenvalue weighted by atomic mass is 32.2. The molecule has 0 saturated carbocycles. The van der Waals surface area contributed by atoms with Crippen molar-refractivity contribution in [2.75, 3.05) is 32.1 Å². The number of nitrogens with one attached hydrogen (secondary N) is 1. The van der Waals surface area contributed by atoms with Crippen molar-refractivity contribution < 1.29 is 17.9 Å². The fraction of sp³-hybridized carbons (Fsp3) is 0.500. The number of carbonyl (C=O) groups excluding carboxylic acids is 1. The van der Waals surface area contributed by atoms with Crippen LogP contribution in [0.1, 0.15) is 32.0 Å². The van der Waals surface area contributed by atoms with Gasteiger partial charge in [0.25, 0.3) is 0 Å². The topological polar surface area (TPSA) is 93.5 Å². The summed E-state index contributed by atoms with van der Waals surface area (Å²) in [4.78, 5) is 12.8. The van der Waals surface area contributed by atoms with Crippen LogP contribution < -0.4 is 5.32 Å². The van der Waals surface area contributed by atoms with Crippen molar-refractivity contribution in [1.29, 1.82) is 0 Å². The van der Waals surface area contributed by atoms with Crippen LogP contribution >= 0.6 is 0 Å². The predicted octanol–water partition coefficient (Wildman–Crippen LogP) is 2.30. The summed E-state index contributed by atoms with van der Waals surface area (Å²) in [6.07, 6.45) is 0. The Hall–Kier alpha value is -2.23. The lowest BCUT2D eigenvalue weighted by atomic mass is 9.92. The number of methoxy groups -OCH3 is 1. The van der Waals surface area contributed by atoms with Gasteiger partial charge in [0.1, 0.15) is 5.82 Å². The van der Waals surface area contributed by atoms with Crippen LogP contribution in [0.3, 0.4) is 0 Å². The quantitative estimate of drug-likeness (QED) is 0.705. The molecule has 2 rings (SSSR count). The third kappa shape index (κ3) is 5.88. The molecule has 0 atom stereocenters. The number of benzene rings is 1. The highest BCUT2D eigenvalue weighted by Crippen LogP contribution is 2.23. The number of hydrogen-bond donors (Lipinski definition) is 1. The molecule has 2 aromatic rings. The summed E-state index contributed by atoms with van der Waals surface area (Å²) >= 11 is 0. The molecule has 0 unspecified atom stereocenters. The predicted molar refractivity (Wildman–Crippen MR) is 112 cm³/mol. The maximum atomic E-state index is 13.0. The lowest BCUT2D eigenvalue weighted by Gasteiger charge is -2.21. The number of ether oxygens (including phenoxy) is 1. The molecule has 1 aromatic heterocycles. The van der Waals surface area contributed by atoms with Gasteiger partial charge in [-0.2, -0.15) is 9.40 Å². The maximum absolute atomic E-state index is 13.0. The summed E-state index contributed by atoms with van der Waals surface area (Å²) < 4.78 is 33.8. The molecule has 1 amide bonds. The summed E-state index contributed by atoms with van der Waals surface area (Å²) in [5.41, 5.74) is 1.62. The van der Waals surface area contributed by atoms with E-state index < -0.39 is 15.9 Å². The van der Waals surface area contributed by atoms with Gasteiger partial charge in [0.2, 0.25) is 15.9 Å². The number of nitrogens with zero attached hydrogens (tertiary/aromatic N) is 3. The summed E-state index contributed by atoms with van der Waals surface area (Å²) in [5, 5.41) is 7.18. The van der Waals surface area contributed by atoms with E-state index >= 15 is 0 Å². The average molecular weight is 423 g/mol. The fourth-order valence-electron chi connectivity index (χ4n) is 2.63. The molecule has 29 heavy (non-hydrogen) atoms. The molecule has 0 bridgehead atoms. The molecule has 0 radical (unpaired) electrons. The fourth-order valence-corrected chi connectivity index (χ4v) is 4.01. The summed E-state index contributed by atoms with van der Waals surface area (Å²) in [6.45, 7) is 7.89. The van der Waals surface area contributed by atoms with E-state index in [0.29, 0.717) is 5.82 Å². The number of sulfonamides is 1. The van der Waals surface area contributed by atoms with Crippen LogP contribution in [0.2, 0.25) is 0 Å². The number of anilines is 1. The minimum atomic E-state index is -3.84. The maximum Gasteiger partial charge on any atom is 0.243 e. The first-order valence-electron chi connectivity index (χ1n) is 9.35. The highest BCUT2D eigenvalue weighted by molar-refractivity contribution is 7.89. The monoisotopic (exact) mass is 422 g/mol. The number of aryl methyl sites for hydroxylation is 2. The second-order valence-electron chi connectivity index (χ2n) is 7.98. The number of carbonyl (C=O) groups is 1. The van der Waals surface area contributed by atoms with E-state index in [9.17, 15) is 13.2 Å². The molecule has 160 valence electrons. The Morgan fingerprint density at radius 1 is 1.24 bits per heavy atom. The molecule has 0 aliphatic rings. The summed E-state index contributed by atoms with van der Waals surface area (Å²) in [6, 6.07) is 8.33. The van der Waals surface area contributed by atoms with Crippen molar-refractivity contribution >= 4 is 21.7 Å². The van der Waals surface area contributed by atoms with E-state index in [2.05, 4.69) is 10.4 Å². The average Bonchev–Trinajstić information content (AvgIpc) is 2.99. The van der Waals surface area contributed by atoms with Gasteiger partial charge in [-0.1, -0.05) is 38.5 Å². The molecule has 0 aliphatic carbocycles. The summed E-state index contributed by atoms with van der Waals surface area (Å²) in [7, 11) is -0.616. The van der Waals surface area contributed by atoms with E-state index in [4.69, 9.17) is 4.74 Å². The number of rotatable bonds is 8. The molecule has 9 heteroatoms. The standard InChI is InChI=1S/C20H30N4O4S/c1-15-7-9-16(10-8-15)29(26,27)24(11-12-28-6)14-19(25)21-18-13-17(20(2,3)4)22-23(18)5/h7-10,13H,11-12,14H2,1-6H3,(H,21,25). The molecule has 1 aromatic carbocycles. The van der Waals surface area contributed by atoms with E-state index in [0.717, 1.165) is 15.6 Å². The van der Waals surface area contributed by atoms with Crippen molar-refractivity contribution in [2.24, 2.45) is 7.05 Å². The van der Waals surface area contributed by atoms with E-state index in [1.54, 1.807) is 42.1 Å². The van der Waals surface area contributed by atoms with Gasteiger partial charge in [-0.15, -0.1) is 0 Å². The van der Waals surface area contributed by atoms with Crippen LogP contribution in [0.4, 0.5) is 5.82 Å². The van der Waals surface area contributed by atoms with Gasteiger partial charge in [0.15, 0.2) is 0 Å². The Labute approximate surface area is 172 Å². The Kier molecular flexibility index (Phi) is 7.20. The normalized spacial score (nSPS) is 12.4. The van der Waals surface area contributed by atoms with Gasteiger partial charge in [-0.25, -0.2) is 8.42 Å². The van der Waals surface area contributed by atoms with Crippen molar-refractivity contribution in [3.05, 3.63) is 41.6 Å². The van der Waals surface area contributed by atoms with Crippen molar-refractivity contribution in [3.63, 3.8) is 0 Å². The Balaban J connectivity index is 2.20. The molecule has 0 spiro atoms. The van der Waals surface area contributed by atoms with Gasteiger partial charge in [0.05, 0.1) is 23.7 Å². The van der Waals surface area contributed by atoms with Crippen LogP contribution in [-0.2, 0) is 32.0 Å². The Bertz CT molecular complexity index is 944. The summed E-state index contributed by atoms with van der Waals surface area (Å²) in [5.74, 6) is 0.0691. The van der Waals surface area contributed by atoms with E-state index in [-0.39, 0.29) is 30.0 Å². The van der Waals surface area contributed by atoms with Gasteiger partial charge in [-0.3, -0.25) is 9.48 Å². The third-order valence-electron chi connectivity index (χ3n) is 4.44. The van der Waals surface area contributed by atoms with Gasteiger partial charge in [0, 0.05) is 32.2 Å². The van der Waals surface area contributed by atoms with Gasteiger partial charge < -0.3 is 10.1 Å². The molecule has 1 N–H and O–H groups in total. The molecule has 0 fully saturated rings. The minimum Gasteiger partial charge on any atom is -0.383 e.